The topological polar surface area (TPSA) is 55.1 Å². The molecule has 0 aromatic carbocycles. The van der Waals surface area contributed by atoms with Gasteiger partial charge >= 0.3 is 0 Å². The monoisotopic (exact) mass is 254 g/mol. The predicted octanol–water partition coefficient (Wildman–Crippen LogP) is 2.83. The second kappa shape index (κ2) is 8.25. The van der Waals surface area contributed by atoms with Crippen LogP contribution in [0, 0.1) is 0 Å². The Bertz CT molecular complexity index is 311. The van der Waals surface area contributed by atoms with Crippen LogP contribution in [0.5, 0.6) is 0 Å². The Morgan fingerprint density at radius 1 is 1.41 bits per heavy atom. The van der Waals surface area contributed by atoms with Gasteiger partial charge in [-0.05, 0) is 48.7 Å². The van der Waals surface area contributed by atoms with Crippen LogP contribution in [0.15, 0.2) is 16.8 Å². The van der Waals surface area contributed by atoms with E-state index in [1.807, 2.05) is 12.3 Å². The maximum Gasteiger partial charge on any atom is 0.220 e. The number of nitrogens with two attached hydrogens (primary N) is 1. The van der Waals surface area contributed by atoms with E-state index in [4.69, 9.17) is 5.73 Å². The fourth-order valence-corrected chi connectivity index (χ4v) is 2.46. The summed E-state index contributed by atoms with van der Waals surface area (Å²) >= 11 is 1.66. The summed E-state index contributed by atoms with van der Waals surface area (Å²) in [7, 11) is 0. The highest BCUT2D eigenvalue weighted by atomic mass is 32.1. The van der Waals surface area contributed by atoms with Crippen LogP contribution in [-0.2, 0) is 4.79 Å². The predicted molar refractivity (Wildman–Crippen MR) is 73.0 cm³/mol. The molecule has 3 nitrogen and oxygen atoms in total. The summed E-state index contributed by atoms with van der Waals surface area (Å²) in [5, 5.41) is 7.12. The van der Waals surface area contributed by atoms with Gasteiger partial charge in [0, 0.05) is 6.42 Å². The number of hydrogen-bond donors (Lipinski definition) is 2. The van der Waals surface area contributed by atoms with Gasteiger partial charge in [0.25, 0.3) is 0 Å². The molecule has 1 rings (SSSR count). The molecular weight excluding hydrogens is 232 g/mol. The molecule has 0 spiro atoms. The third-order valence-electron chi connectivity index (χ3n) is 2.78. The summed E-state index contributed by atoms with van der Waals surface area (Å²) in [5.74, 6) is 0.149. The van der Waals surface area contributed by atoms with E-state index in [1.54, 1.807) is 11.3 Å². The normalized spacial score (nSPS) is 12.4. The van der Waals surface area contributed by atoms with Gasteiger partial charge in [-0.1, -0.05) is 12.8 Å². The van der Waals surface area contributed by atoms with Crippen LogP contribution in [0.4, 0.5) is 0 Å². The highest BCUT2D eigenvalue weighted by Crippen LogP contribution is 2.15. The lowest BCUT2D eigenvalue weighted by atomic mass is 10.1. The Balaban J connectivity index is 2.12. The summed E-state index contributed by atoms with van der Waals surface area (Å²) in [5.41, 5.74) is 6.60. The smallest absolute Gasteiger partial charge is 0.220 e. The average molecular weight is 254 g/mol. The second-order valence-electron chi connectivity index (χ2n) is 4.30. The van der Waals surface area contributed by atoms with E-state index in [1.165, 1.54) is 5.56 Å². The Hall–Kier alpha value is -0.870. The highest BCUT2D eigenvalue weighted by molar-refractivity contribution is 7.07. The van der Waals surface area contributed by atoms with Crippen LogP contribution in [-0.4, -0.2) is 12.5 Å². The van der Waals surface area contributed by atoms with Crippen LogP contribution in [0.2, 0.25) is 0 Å². The molecule has 0 bridgehead atoms. The molecule has 1 heterocycles. The third kappa shape index (κ3) is 5.84. The minimum absolute atomic E-state index is 0.123. The molecule has 1 atom stereocenters. The number of thiophene rings is 1. The molecule has 0 saturated carbocycles. The zero-order valence-electron chi connectivity index (χ0n) is 10.4. The lowest BCUT2D eigenvalue weighted by Crippen LogP contribution is -2.25. The molecule has 96 valence electrons. The first-order valence-electron chi connectivity index (χ1n) is 6.25. The van der Waals surface area contributed by atoms with Crippen molar-refractivity contribution in [1.82, 2.24) is 5.32 Å². The SMILES string of the molecule is CC(NC(=O)CCCCCCN)c1ccsc1. The molecule has 1 aromatic rings. The van der Waals surface area contributed by atoms with Crippen LogP contribution in [0.1, 0.15) is 50.6 Å². The Morgan fingerprint density at radius 2 is 2.18 bits per heavy atom. The van der Waals surface area contributed by atoms with E-state index in [0.717, 1.165) is 32.2 Å². The Morgan fingerprint density at radius 3 is 2.82 bits per heavy atom. The van der Waals surface area contributed by atoms with Gasteiger partial charge in [-0.15, -0.1) is 0 Å². The summed E-state index contributed by atoms with van der Waals surface area (Å²) in [6, 6.07) is 2.18. The van der Waals surface area contributed by atoms with Gasteiger partial charge in [-0.3, -0.25) is 4.79 Å². The Labute approximate surface area is 107 Å². The Kier molecular flexibility index (Phi) is 6.89. The van der Waals surface area contributed by atoms with Crippen molar-refractivity contribution in [1.29, 1.82) is 0 Å². The molecule has 1 amide bonds. The van der Waals surface area contributed by atoms with Crippen molar-refractivity contribution in [3.05, 3.63) is 22.4 Å². The number of carbonyl (C=O) groups excluding carboxylic acids is 1. The lowest BCUT2D eigenvalue weighted by molar-refractivity contribution is -0.121. The van der Waals surface area contributed by atoms with Gasteiger partial charge in [0.2, 0.25) is 5.91 Å². The van der Waals surface area contributed by atoms with E-state index in [9.17, 15) is 4.79 Å². The molecule has 0 aliphatic rings. The van der Waals surface area contributed by atoms with Crippen molar-refractivity contribution in [2.75, 3.05) is 6.54 Å². The van der Waals surface area contributed by atoms with E-state index < -0.39 is 0 Å². The first kappa shape index (κ1) is 14.2. The zero-order valence-corrected chi connectivity index (χ0v) is 11.3. The molecule has 3 N–H and O–H groups in total. The van der Waals surface area contributed by atoms with E-state index in [-0.39, 0.29) is 11.9 Å². The van der Waals surface area contributed by atoms with Crippen LogP contribution < -0.4 is 11.1 Å². The van der Waals surface area contributed by atoms with Crippen molar-refractivity contribution in [2.45, 2.75) is 45.1 Å². The maximum absolute atomic E-state index is 11.6. The van der Waals surface area contributed by atoms with Gasteiger partial charge in [-0.2, -0.15) is 11.3 Å². The largest absolute Gasteiger partial charge is 0.350 e. The summed E-state index contributed by atoms with van der Waals surface area (Å²) < 4.78 is 0. The van der Waals surface area contributed by atoms with Gasteiger partial charge in [0.1, 0.15) is 0 Å². The zero-order chi connectivity index (χ0) is 12.5. The van der Waals surface area contributed by atoms with Crippen molar-refractivity contribution >= 4 is 17.2 Å². The number of hydrogen-bond acceptors (Lipinski definition) is 3. The molecule has 0 fully saturated rings. The van der Waals surface area contributed by atoms with Gasteiger partial charge in [0.15, 0.2) is 0 Å². The molecule has 17 heavy (non-hydrogen) atoms. The summed E-state index contributed by atoms with van der Waals surface area (Å²) in [6.45, 7) is 2.77. The number of amides is 1. The molecule has 0 aliphatic heterocycles. The number of unbranched alkanes of at least 4 members (excludes halogenated alkanes) is 3. The van der Waals surface area contributed by atoms with Crippen molar-refractivity contribution in [2.24, 2.45) is 5.73 Å². The first-order chi connectivity index (χ1) is 8.24. The minimum Gasteiger partial charge on any atom is -0.350 e. The van der Waals surface area contributed by atoms with Crippen LogP contribution in [0.3, 0.4) is 0 Å². The number of carbonyl (C=O) groups is 1. The fourth-order valence-electron chi connectivity index (χ4n) is 1.70. The maximum atomic E-state index is 11.6. The third-order valence-corrected chi connectivity index (χ3v) is 3.48. The summed E-state index contributed by atoms with van der Waals surface area (Å²) in [4.78, 5) is 11.6. The fraction of sp³-hybridized carbons (Fsp3) is 0.615. The molecule has 4 heteroatoms. The molecular formula is C13H22N2OS. The van der Waals surface area contributed by atoms with E-state index in [2.05, 4.69) is 16.8 Å². The van der Waals surface area contributed by atoms with E-state index >= 15 is 0 Å². The number of nitrogens with one attached hydrogen (secondary N) is 1. The lowest BCUT2D eigenvalue weighted by Gasteiger charge is -2.12. The first-order valence-corrected chi connectivity index (χ1v) is 7.20. The van der Waals surface area contributed by atoms with Crippen LogP contribution in [0.25, 0.3) is 0 Å². The van der Waals surface area contributed by atoms with Gasteiger partial charge < -0.3 is 11.1 Å². The molecule has 0 radical (unpaired) electrons. The van der Waals surface area contributed by atoms with E-state index in [0.29, 0.717) is 6.42 Å². The van der Waals surface area contributed by atoms with Crippen molar-refractivity contribution in [3.63, 3.8) is 0 Å². The standard InChI is InChI=1S/C13H22N2OS/c1-11(12-7-9-17-10-12)15-13(16)6-4-2-3-5-8-14/h7,9-11H,2-6,8,14H2,1H3,(H,15,16). The van der Waals surface area contributed by atoms with Crippen LogP contribution >= 0.6 is 11.3 Å². The molecule has 1 unspecified atom stereocenters. The minimum atomic E-state index is 0.123. The highest BCUT2D eigenvalue weighted by Gasteiger charge is 2.09. The average Bonchev–Trinajstić information content (AvgIpc) is 2.82. The van der Waals surface area contributed by atoms with Gasteiger partial charge in [0.05, 0.1) is 6.04 Å². The second-order valence-corrected chi connectivity index (χ2v) is 5.08. The molecule has 0 aliphatic carbocycles. The van der Waals surface area contributed by atoms with Crippen molar-refractivity contribution in [3.8, 4) is 0 Å². The summed E-state index contributed by atoms with van der Waals surface area (Å²) in [6.07, 6.45) is 4.87. The molecule has 1 aromatic heterocycles. The quantitative estimate of drug-likeness (QED) is 0.701. The number of rotatable bonds is 8. The van der Waals surface area contributed by atoms with Crippen molar-refractivity contribution < 1.29 is 4.79 Å². The van der Waals surface area contributed by atoms with Gasteiger partial charge in [-0.25, -0.2) is 0 Å². The molecule has 0 saturated heterocycles.